The first-order valence-electron chi connectivity index (χ1n) is 7.76. The number of nitrogens with zero attached hydrogens (tertiary/aromatic N) is 1. The molecule has 1 aromatic heterocycles. The van der Waals surface area contributed by atoms with Crippen molar-refractivity contribution in [1.82, 2.24) is 4.98 Å². The van der Waals surface area contributed by atoms with E-state index in [9.17, 15) is 0 Å². The Morgan fingerprint density at radius 2 is 1.58 bits per heavy atom. The SMILES string of the molecule is Clc1ccc2c(ccc3ccc4nc(-c5ccccc5)oc4c32)c1. The van der Waals surface area contributed by atoms with E-state index < -0.39 is 0 Å². The third kappa shape index (κ3) is 2.00. The summed E-state index contributed by atoms with van der Waals surface area (Å²) in [6.45, 7) is 0. The minimum Gasteiger partial charge on any atom is -0.435 e. The molecule has 0 aliphatic rings. The summed E-state index contributed by atoms with van der Waals surface area (Å²) in [5.74, 6) is 0.643. The summed E-state index contributed by atoms with van der Waals surface area (Å²) in [5.41, 5.74) is 2.66. The Morgan fingerprint density at radius 3 is 2.46 bits per heavy atom. The first-order valence-corrected chi connectivity index (χ1v) is 8.14. The zero-order valence-electron chi connectivity index (χ0n) is 12.7. The Kier molecular flexibility index (Phi) is 2.88. The highest BCUT2D eigenvalue weighted by Crippen LogP contribution is 2.35. The van der Waals surface area contributed by atoms with Crippen molar-refractivity contribution >= 4 is 44.2 Å². The summed E-state index contributed by atoms with van der Waals surface area (Å²) in [7, 11) is 0. The molecular weight excluding hydrogens is 318 g/mol. The number of oxazole rings is 1. The number of hydrogen-bond acceptors (Lipinski definition) is 2. The number of aromatic nitrogens is 1. The van der Waals surface area contributed by atoms with E-state index in [1.54, 1.807) is 0 Å². The van der Waals surface area contributed by atoms with Gasteiger partial charge in [0.05, 0.1) is 0 Å². The molecule has 0 fully saturated rings. The molecule has 0 aliphatic carbocycles. The predicted octanol–water partition coefficient (Wildman–Crippen LogP) is 6.45. The molecule has 0 aliphatic heterocycles. The van der Waals surface area contributed by atoms with Crippen molar-refractivity contribution in [3.63, 3.8) is 0 Å². The van der Waals surface area contributed by atoms with E-state index in [0.29, 0.717) is 5.89 Å². The highest BCUT2D eigenvalue weighted by molar-refractivity contribution is 6.32. The molecule has 24 heavy (non-hydrogen) atoms. The molecule has 0 bridgehead atoms. The fraction of sp³-hybridized carbons (Fsp3) is 0. The monoisotopic (exact) mass is 329 g/mol. The van der Waals surface area contributed by atoms with Gasteiger partial charge in [-0.1, -0.05) is 54.1 Å². The lowest BCUT2D eigenvalue weighted by atomic mass is 10.0. The molecule has 0 N–H and O–H groups in total. The molecule has 0 saturated carbocycles. The molecule has 0 spiro atoms. The number of fused-ring (bicyclic) bond motifs is 5. The van der Waals surface area contributed by atoms with Crippen LogP contribution in [0.4, 0.5) is 0 Å². The van der Waals surface area contributed by atoms with Gasteiger partial charge in [0, 0.05) is 16.0 Å². The number of rotatable bonds is 1. The molecule has 114 valence electrons. The van der Waals surface area contributed by atoms with E-state index in [-0.39, 0.29) is 0 Å². The fourth-order valence-corrected chi connectivity index (χ4v) is 3.39. The van der Waals surface area contributed by atoms with Crippen molar-refractivity contribution in [1.29, 1.82) is 0 Å². The van der Waals surface area contributed by atoms with Gasteiger partial charge in [-0.05, 0) is 46.5 Å². The smallest absolute Gasteiger partial charge is 0.227 e. The molecule has 3 heteroatoms. The lowest BCUT2D eigenvalue weighted by molar-refractivity contribution is 0.623. The number of halogens is 1. The van der Waals surface area contributed by atoms with Gasteiger partial charge >= 0.3 is 0 Å². The molecule has 0 unspecified atom stereocenters. The third-order valence-corrected chi connectivity index (χ3v) is 4.57. The van der Waals surface area contributed by atoms with Crippen LogP contribution in [0.3, 0.4) is 0 Å². The minimum atomic E-state index is 0.643. The van der Waals surface area contributed by atoms with Gasteiger partial charge in [0.2, 0.25) is 5.89 Å². The maximum atomic E-state index is 6.16. The second-order valence-corrected chi connectivity index (χ2v) is 6.26. The van der Waals surface area contributed by atoms with Crippen LogP contribution in [0.15, 0.2) is 77.2 Å². The van der Waals surface area contributed by atoms with E-state index in [1.807, 2.05) is 54.6 Å². The fourth-order valence-electron chi connectivity index (χ4n) is 3.21. The molecule has 5 aromatic rings. The zero-order valence-corrected chi connectivity index (χ0v) is 13.4. The maximum Gasteiger partial charge on any atom is 0.227 e. The molecule has 2 nitrogen and oxygen atoms in total. The Hall–Kier alpha value is -2.84. The summed E-state index contributed by atoms with van der Waals surface area (Å²) in [6, 6.07) is 24.2. The van der Waals surface area contributed by atoms with Crippen molar-refractivity contribution in [3.05, 3.63) is 77.8 Å². The maximum absolute atomic E-state index is 6.16. The Morgan fingerprint density at radius 1 is 0.792 bits per heavy atom. The first-order chi connectivity index (χ1) is 11.8. The van der Waals surface area contributed by atoms with Crippen molar-refractivity contribution in [2.45, 2.75) is 0 Å². The summed E-state index contributed by atoms with van der Waals surface area (Å²) in [5, 5.41) is 5.17. The molecule has 0 amide bonds. The third-order valence-electron chi connectivity index (χ3n) is 4.34. The largest absolute Gasteiger partial charge is 0.435 e. The van der Waals surface area contributed by atoms with Crippen molar-refractivity contribution < 1.29 is 4.42 Å². The quantitative estimate of drug-likeness (QED) is 0.330. The summed E-state index contributed by atoms with van der Waals surface area (Å²) < 4.78 is 6.16. The molecule has 5 rings (SSSR count). The molecule has 0 atom stereocenters. The standard InChI is InChI=1S/C21H12ClNO/c22-16-9-10-17-15(12-16)7-6-13-8-11-18-20(19(13)17)24-21(23-18)14-4-2-1-3-5-14/h1-12H. The average molecular weight is 330 g/mol. The predicted molar refractivity (Wildman–Crippen MR) is 99.5 cm³/mol. The van der Waals surface area contributed by atoms with Crippen LogP contribution in [-0.4, -0.2) is 4.98 Å². The Labute approximate surface area is 143 Å². The average Bonchev–Trinajstić information content (AvgIpc) is 3.06. The van der Waals surface area contributed by atoms with Gasteiger partial charge in [-0.3, -0.25) is 0 Å². The van der Waals surface area contributed by atoms with Crippen LogP contribution in [0.5, 0.6) is 0 Å². The molecule has 0 radical (unpaired) electrons. The Bertz CT molecular complexity index is 1210. The summed E-state index contributed by atoms with van der Waals surface area (Å²) in [4.78, 5) is 4.66. The van der Waals surface area contributed by atoms with Crippen molar-refractivity contribution in [2.75, 3.05) is 0 Å². The molecule has 0 saturated heterocycles. The first kappa shape index (κ1) is 13.6. The van der Waals surface area contributed by atoms with Gasteiger partial charge in [-0.25, -0.2) is 4.98 Å². The van der Waals surface area contributed by atoms with Crippen LogP contribution in [0, 0.1) is 0 Å². The minimum absolute atomic E-state index is 0.643. The van der Waals surface area contributed by atoms with Gasteiger partial charge in [-0.2, -0.15) is 0 Å². The van der Waals surface area contributed by atoms with Gasteiger partial charge in [0.15, 0.2) is 5.58 Å². The van der Waals surface area contributed by atoms with Crippen LogP contribution in [0.25, 0.3) is 44.1 Å². The van der Waals surface area contributed by atoms with Gasteiger partial charge in [0.1, 0.15) is 5.52 Å². The number of hydrogen-bond donors (Lipinski definition) is 0. The van der Waals surface area contributed by atoms with Crippen LogP contribution < -0.4 is 0 Å². The molecule has 4 aromatic carbocycles. The van der Waals surface area contributed by atoms with Crippen LogP contribution in [0.1, 0.15) is 0 Å². The lowest BCUT2D eigenvalue weighted by Crippen LogP contribution is -1.79. The van der Waals surface area contributed by atoms with E-state index in [2.05, 4.69) is 23.2 Å². The van der Waals surface area contributed by atoms with Gasteiger partial charge < -0.3 is 4.42 Å². The molecule has 1 heterocycles. The van der Waals surface area contributed by atoms with Crippen LogP contribution in [-0.2, 0) is 0 Å². The zero-order chi connectivity index (χ0) is 16.1. The van der Waals surface area contributed by atoms with Gasteiger partial charge in [-0.15, -0.1) is 0 Å². The topological polar surface area (TPSA) is 26.0 Å². The second kappa shape index (κ2) is 5.08. The van der Waals surface area contributed by atoms with Crippen molar-refractivity contribution in [2.24, 2.45) is 0 Å². The van der Waals surface area contributed by atoms with Crippen molar-refractivity contribution in [3.8, 4) is 11.5 Å². The summed E-state index contributed by atoms with van der Waals surface area (Å²) >= 11 is 6.14. The van der Waals surface area contributed by atoms with Crippen LogP contribution >= 0.6 is 11.6 Å². The van der Waals surface area contributed by atoms with E-state index in [0.717, 1.165) is 43.2 Å². The Balaban J connectivity index is 1.90. The summed E-state index contributed by atoms with van der Waals surface area (Å²) in [6.07, 6.45) is 0. The second-order valence-electron chi connectivity index (χ2n) is 5.83. The van der Waals surface area contributed by atoms with Gasteiger partial charge in [0.25, 0.3) is 0 Å². The van der Waals surface area contributed by atoms with E-state index in [1.165, 1.54) is 0 Å². The highest BCUT2D eigenvalue weighted by atomic mass is 35.5. The lowest BCUT2D eigenvalue weighted by Gasteiger charge is -2.04. The van der Waals surface area contributed by atoms with E-state index in [4.69, 9.17) is 16.0 Å². The van der Waals surface area contributed by atoms with Crippen LogP contribution in [0.2, 0.25) is 5.02 Å². The highest BCUT2D eigenvalue weighted by Gasteiger charge is 2.13. The normalized spacial score (nSPS) is 11.5. The number of benzene rings is 4. The molecular formula is C21H12ClNO. The van der Waals surface area contributed by atoms with E-state index >= 15 is 0 Å².